The van der Waals surface area contributed by atoms with Crippen molar-refractivity contribution in [1.82, 2.24) is 19.7 Å². The topological polar surface area (TPSA) is 69.2 Å². The lowest BCUT2D eigenvalue weighted by atomic mass is 10.0. The van der Waals surface area contributed by atoms with E-state index in [-0.39, 0.29) is 10.8 Å². The van der Waals surface area contributed by atoms with Crippen molar-refractivity contribution in [3.05, 3.63) is 58.2 Å². The fourth-order valence-corrected chi connectivity index (χ4v) is 5.09. The van der Waals surface area contributed by atoms with Gasteiger partial charge in [-0.3, -0.25) is 4.68 Å². The summed E-state index contributed by atoms with van der Waals surface area (Å²) in [5.74, 6) is 0.775. The molecule has 1 fully saturated rings. The van der Waals surface area contributed by atoms with Gasteiger partial charge in [0.05, 0.1) is 17.3 Å². The first-order chi connectivity index (χ1) is 16.7. The van der Waals surface area contributed by atoms with Gasteiger partial charge in [-0.05, 0) is 56.8 Å². The van der Waals surface area contributed by atoms with Gasteiger partial charge in [0.2, 0.25) is 0 Å². The number of halogens is 3. The average Bonchev–Trinajstić information content (AvgIpc) is 3.32. The number of nitrogen functional groups attached to an aromatic ring is 1. The van der Waals surface area contributed by atoms with Gasteiger partial charge in [0.1, 0.15) is 11.9 Å². The third kappa shape index (κ3) is 6.08. The van der Waals surface area contributed by atoms with E-state index >= 15 is 0 Å². The lowest BCUT2D eigenvalue weighted by Gasteiger charge is -2.32. The molecule has 0 saturated carbocycles. The van der Waals surface area contributed by atoms with Crippen molar-refractivity contribution in [3.63, 3.8) is 0 Å². The summed E-state index contributed by atoms with van der Waals surface area (Å²) in [4.78, 5) is 6.85. The van der Waals surface area contributed by atoms with E-state index < -0.39 is 11.9 Å². The number of rotatable bonds is 8. The summed E-state index contributed by atoms with van der Waals surface area (Å²) in [5, 5.41) is 4.89. The van der Waals surface area contributed by atoms with Crippen LogP contribution in [0.25, 0.3) is 11.1 Å². The van der Waals surface area contributed by atoms with Crippen LogP contribution in [0.3, 0.4) is 0 Å². The fourth-order valence-electron chi connectivity index (χ4n) is 4.41. The maximum absolute atomic E-state index is 14.0. The monoisotopic (exact) mass is 519 g/mol. The van der Waals surface area contributed by atoms with Gasteiger partial charge < -0.3 is 15.4 Å². The zero-order valence-corrected chi connectivity index (χ0v) is 21.9. The Balaban J connectivity index is 1.46. The number of piperidine rings is 1. The van der Waals surface area contributed by atoms with E-state index in [1.165, 1.54) is 25.1 Å². The zero-order valence-electron chi connectivity index (χ0n) is 20.3. The highest BCUT2D eigenvalue weighted by Crippen LogP contribution is 2.37. The maximum Gasteiger partial charge on any atom is 0.166 e. The molecular weight excluding hydrogens is 488 g/mol. The summed E-state index contributed by atoms with van der Waals surface area (Å²) in [6.07, 6.45) is 8.36. The highest BCUT2D eigenvalue weighted by Gasteiger charge is 2.22. The fraction of sp³-hybridized carbons (Fsp3) is 0.462. The molecule has 0 aliphatic carbocycles. The third-order valence-corrected chi connectivity index (χ3v) is 7.27. The van der Waals surface area contributed by atoms with Crippen LogP contribution in [-0.2, 0) is 0 Å². The van der Waals surface area contributed by atoms with Gasteiger partial charge in [0.15, 0.2) is 11.6 Å². The minimum Gasteiger partial charge on any atom is -0.482 e. The summed E-state index contributed by atoms with van der Waals surface area (Å²) < 4.78 is 22.1. The SMILES string of the molecule is CC(C)CCN1CCC(n2cc(-c3cnc(N)c(O[C@H](C)c4c(Cl)ccc(F)c4Cl)c3)cn2)CC1. The molecule has 1 aliphatic heterocycles. The number of pyridine rings is 1. The predicted molar refractivity (Wildman–Crippen MR) is 139 cm³/mol. The van der Waals surface area contributed by atoms with Crippen LogP contribution in [0.15, 0.2) is 36.8 Å². The Hall–Kier alpha value is -2.35. The molecular formula is C26H32Cl2FN5O. The van der Waals surface area contributed by atoms with E-state index in [2.05, 4.69) is 39.7 Å². The Morgan fingerprint density at radius 1 is 1.14 bits per heavy atom. The van der Waals surface area contributed by atoms with Gasteiger partial charge in [-0.2, -0.15) is 5.10 Å². The first-order valence-electron chi connectivity index (χ1n) is 12.1. The van der Waals surface area contributed by atoms with Crippen LogP contribution in [0.4, 0.5) is 10.2 Å². The molecule has 0 bridgehead atoms. The van der Waals surface area contributed by atoms with E-state index in [0.717, 1.165) is 43.0 Å². The normalized spacial score (nSPS) is 16.1. The average molecular weight is 520 g/mol. The number of ether oxygens (including phenoxy) is 1. The molecule has 9 heteroatoms. The molecule has 1 saturated heterocycles. The van der Waals surface area contributed by atoms with Crippen molar-refractivity contribution in [2.24, 2.45) is 5.92 Å². The molecule has 35 heavy (non-hydrogen) atoms. The highest BCUT2D eigenvalue weighted by molar-refractivity contribution is 6.36. The third-order valence-electron chi connectivity index (χ3n) is 6.56. The largest absolute Gasteiger partial charge is 0.482 e. The van der Waals surface area contributed by atoms with E-state index in [4.69, 9.17) is 33.7 Å². The van der Waals surface area contributed by atoms with Crippen LogP contribution in [0.5, 0.6) is 5.75 Å². The summed E-state index contributed by atoms with van der Waals surface area (Å²) in [6, 6.07) is 4.88. The second-order valence-corrected chi connectivity index (χ2v) is 10.4. The van der Waals surface area contributed by atoms with E-state index in [1.807, 2.05) is 12.3 Å². The van der Waals surface area contributed by atoms with Gasteiger partial charge in [-0.1, -0.05) is 37.0 Å². The molecule has 3 heterocycles. The molecule has 2 N–H and O–H groups in total. The van der Waals surface area contributed by atoms with E-state index in [0.29, 0.717) is 22.4 Å². The van der Waals surface area contributed by atoms with Crippen molar-refractivity contribution in [2.75, 3.05) is 25.4 Å². The predicted octanol–water partition coefficient (Wildman–Crippen LogP) is 6.80. The maximum atomic E-state index is 14.0. The quantitative estimate of drug-likeness (QED) is 0.331. The Kier molecular flexibility index (Phi) is 8.19. The molecule has 1 aliphatic rings. The number of hydrogen-bond acceptors (Lipinski definition) is 5. The van der Waals surface area contributed by atoms with Gasteiger partial charge >= 0.3 is 0 Å². The molecule has 0 amide bonds. The van der Waals surface area contributed by atoms with Crippen molar-refractivity contribution in [2.45, 2.75) is 52.2 Å². The second-order valence-electron chi connectivity index (χ2n) is 9.59. The minimum atomic E-state index is -0.631. The van der Waals surface area contributed by atoms with E-state index in [1.54, 1.807) is 13.1 Å². The smallest absolute Gasteiger partial charge is 0.166 e. The number of aromatic nitrogens is 3. The highest BCUT2D eigenvalue weighted by atomic mass is 35.5. The first kappa shape index (κ1) is 25.7. The summed E-state index contributed by atoms with van der Waals surface area (Å²) in [5.41, 5.74) is 8.20. The van der Waals surface area contributed by atoms with Crippen LogP contribution in [-0.4, -0.2) is 39.3 Å². The zero-order chi connectivity index (χ0) is 25.1. The van der Waals surface area contributed by atoms with Crippen LogP contribution >= 0.6 is 23.2 Å². The van der Waals surface area contributed by atoms with Gasteiger partial charge in [0.25, 0.3) is 0 Å². The number of benzene rings is 1. The minimum absolute atomic E-state index is 0.0655. The summed E-state index contributed by atoms with van der Waals surface area (Å²) >= 11 is 12.4. The molecule has 188 valence electrons. The molecule has 3 aromatic rings. The number of hydrogen-bond donors (Lipinski definition) is 1. The van der Waals surface area contributed by atoms with Crippen molar-refractivity contribution in [3.8, 4) is 16.9 Å². The molecule has 6 nitrogen and oxygen atoms in total. The lowest BCUT2D eigenvalue weighted by Crippen LogP contribution is -2.35. The van der Waals surface area contributed by atoms with Gasteiger partial charge in [-0.15, -0.1) is 0 Å². The molecule has 1 aromatic carbocycles. The number of likely N-dealkylation sites (tertiary alicyclic amines) is 1. The Labute approximate surface area is 216 Å². The molecule has 0 unspecified atom stereocenters. The number of nitrogens with two attached hydrogens (primary N) is 1. The van der Waals surface area contributed by atoms with Crippen LogP contribution in [0, 0.1) is 11.7 Å². The summed E-state index contributed by atoms with van der Waals surface area (Å²) in [7, 11) is 0. The molecule has 0 spiro atoms. The molecule has 4 rings (SSSR count). The van der Waals surface area contributed by atoms with E-state index in [9.17, 15) is 4.39 Å². The van der Waals surface area contributed by atoms with Crippen LogP contribution in [0.2, 0.25) is 10.0 Å². The van der Waals surface area contributed by atoms with Gasteiger partial charge in [0, 0.05) is 47.2 Å². The second kappa shape index (κ2) is 11.1. The number of nitrogens with zero attached hydrogens (tertiary/aromatic N) is 4. The van der Waals surface area contributed by atoms with Crippen LogP contribution in [0.1, 0.15) is 57.7 Å². The Morgan fingerprint density at radius 3 is 2.60 bits per heavy atom. The first-order valence-corrected chi connectivity index (χ1v) is 12.8. The van der Waals surface area contributed by atoms with Crippen LogP contribution < -0.4 is 10.5 Å². The molecule has 0 radical (unpaired) electrons. The molecule has 1 atom stereocenters. The van der Waals surface area contributed by atoms with Gasteiger partial charge in [-0.25, -0.2) is 9.37 Å². The number of anilines is 1. The Bertz CT molecular complexity index is 1160. The standard InChI is InChI=1S/C26H32Cl2FN5O/c1-16(2)6-9-33-10-7-20(8-11-33)34-15-19(14-32-34)18-12-23(26(30)31-13-18)35-17(3)24-21(27)4-5-22(29)25(24)28/h4-5,12-17,20H,6-11H2,1-3H3,(H2,30,31)/t17-/m1/s1. The van der Waals surface area contributed by atoms with Crippen molar-refractivity contribution in [1.29, 1.82) is 0 Å². The lowest BCUT2D eigenvalue weighted by molar-refractivity contribution is 0.173. The summed E-state index contributed by atoms with van der Waals surface area (Å²) in [6.45, 7) is 9.64. The van der Waals surface area contributed by atoms with Crippen molar-refractivity contribution >= 4 is 29.0 Å². The molecule has 2 aromatic heterocycles. The Morgan fingerprint density at radius 2 is 1.89 bits per heavy atom. The van der Waals surface area contributed by atoms with Crippen molar-refractivity contribution < 1.29 is 9.13 Å².